The van der Waals surface area contributed by atoms with Crippen LogP contribution in [-0.2, 0) is 0 Å². The molecule has 0 spiro atoms. The van der Waals surface area contributed by atoms with Gasteiger partial charge in [0.25, 0.3) is 0 Å². The molecule has 0 bridgehead atoms. The van der Waals surface area contributed by atoms with Crippen LogP contribution < -0.4 is 15.2 Å². The molecule has 0 heterocycles. The summed E-state index contributed by atoms with van der Waals surface area (Å²) in [4.78, 5) is 0. The predicted octanol–water partition coefficient (Wildman–Crippen LogP) is 3.92. The zero-order valence-electron chi connectivity index (χ0n) is 12.9. The predicted molar refractivity (Wildman–Crippen MR) is 85.8 cm³/mol. The molecule has 1 atom stereocenters. The molecule has 2 rings (SSSR count). The fourth-order valence-corrected chi connectivity index (χ4v) is 2.22. The first kappa shape index (κ1) is 15.4. The van der Waals surface area contributed by atoms with Crippen LogP contribution in [0.5, 0.6) is 11.5 Å². The Labute approximate surface area is 126 Å². The Hall–Kier alpha value is -2.00. The number of para-hydroxylation sites is 1. The first-order chi connectivity index (χ1) is 10.1. The molecule has 112 valence electrons. The molecule has 0 amide bonds. The number of ether oxygens (including phenoxy) is 2. The molecule has 0 aromatic heterocycles. The summed E-state index contributed by atoms with van der Waals surface area (Å²) in [5.41, 5.74) is 8.43. The normalized spacial score (nSPS) is 12.2. The maximum atomic E-state index is 6.40. The second kappa shape index (κ2) is 7.14. The van der Waals surface area contributed by atoms with E-state index >= 15 is 0 Å². The molecule has 0 aliphatic carbocycles. The van der Waals surface area contributed by atoms with Crippen LogP contribution in [0.3, 0.4) is 0 Å². The van der Waals surface area contributed by atoms with Crippen LogP contribution in [0.25, 0.3) is 0 Å². The lowest BCUT2D eigenvalue weighted by Crippen LogP contribution is -2.15. The van der Waals surface area contributed by atoms with Crippen LogP contribution in [0.2, 0.25) is 0 Å². The van der Waals surface area contributed by atoms with E-state index in [2.05, 4.69) is 0 Å². The van der Waals surface area contributed by atoms with E-state index in [1.54, 1.807) is 0 Å². The van der Waals surface area contributed by atoms with Crippen molar-refractivity contribution in [3.8, 4) is 11.5 Å². The van der Waals surface area contributed by atoms with Crippen molar-refractivity contribution >= 4 is 0 Å². The van der Waals surface area contributed by atoms with Crippen LogP contribution in [0.15, 0.2) is 48.5 Å². The zero-order chi connectivity index (χ0) is 15.2. The quantitative estimate of drug-likeness (QED) is 0.875. The Morgan fingerprint density at radius 3 is 2.29 bits per heavy atom. The monoisotopic (exact) mass is 285 g/mol. The average Bonchev–Trinajstić information content (AvgIpc) is 2.48. The van der Waals surface area contributed by atoms with Crippen molar-refractivity contribution in [1.82, 2.24) is 0 Å². The van der Waals surface area contributed by atoms with Crippen molar-refractivity contribution in [1.29, 1.82) is 0 Å². The number of hydrogen-bond donors (Lipinski definition) is 1. The van der Waals surface area contributed by atoms with Crippen molar-refractivity contribution in [2.75, 3.05) is 6.61 Å². The van der Waals surface area contributed by atoms with Crippen molar-refractivity contribution in [3.05, 3.63) is 59.7 Å². The van der Waals surface area contributed by atoms with E-state index in [1.165, 1.54) is 0 Å². The molecule has 2 N–H and O–H groups in total. The molecule has 0 fully saturated rings. The largest absolute Gasteiger partial charge is 0.494 e. The number of rotatable bonds is 6. The van der Waals surface area contributed by atoms with Crippen molar-refractivity contribution in [3.63, 3.8) is 0 Å². The molecule has 21 heavy (non-hydrogen) atoms. The molecular formula is C18H23NO2. The summed E-state index contributed by atoms with van der Waals surface area (Å²) >= 11 is 0. The highest BCUT2D eigenvalue weighted by Crippen LogP contribution is 2.29. The highest BCUT2D eigenvalue weighted by Gasteiger charge is 2.14. The van der Waals surface area contributed by atoms with E-state index in [9.17, 15) is 0 Å². The summed E-state index contributed by atoms with van der Waals surface area (Å²) in [6.45, 7) is 6.66. The number of benzene rings is 2. The van der Waals surface area contributed by atoms with Gasteiger partial charge in [-0.05, 0) is 44.5 Å². The van der Waals surface area contributed by atoms with E-state index in [0.29, 0.717) is 6.61 Å². The number of hydrogen-bond acceptors (Lipinski definition) is 3. The Bertz CT molecular complexity index is 564. The van der Waals surface area contributed by atoms with Crippen LogP contribution >= 0.6 is 0 Å². The highest BCUT2D eigenvalue weighted by molar-refractivity contribution is 5.42. The van der Waals surface area contributed by atoms with E-state index in [0.717, 1.165) is 22.6 Å². The molecule has 0 saturated carbocycles. The average molecular weight is 285 g/mol. The van der Waals surface area contributed by atoms with Gasteiger partial charge in [0, 0.05) is 5.56 Å². The smallest absolute Gasteiger partial charge is 0.124 e. The zero-order valence-corrected chi connectivity index (χ0v) is 12.9. The van der Waals surface area contributed by atoms with Gasteiger partial charge in [-0.25, -0.2) is 0 Å². The summed E-state index contributed by atoms with van der Waals surface area (Å²) in [5, 5.41) is 0. The van der Waals surface area contributed by atoms with Crippen LogP contribution in [-0.4, -0.2) is 12.7 Å². The molecule has 0 saturated heterocycles. The van der Waals surface area contributed by atoms with Crippen molar-refractivity contribution in [2.24, 2.45) is 5.73 Å². The van der Waals surface area contributed by atoms with Crippen LogP contribution in [0.1, 0.15) is 37.9 Å². The minimum atomic E-state index is -0.212. The second-order valence-corrected chi connectivity index (χ2v) is 5.18. The maximum Gasteiger partial charge on any atom is 0.124 e. The Kier molecular flexibility index (Phi) is 5.23. The highest BCUT2D eigenvalue weighted by atomic mass is 16.5. The van der Waals surface area contributed by atoms with E-state index in [4.69, 9.17) is 15.2 Å². The Morgan fingerprint density at radius 2 is 1.67 bits per heavy atom. The molecule has 0 radical (unpaired) electrons. The Morgan fingerprint density at radius 1 is 1.00 bits per heavy atom. The molecule has 2 aromatic carbocycles. The Balaban J connectivity index is 2.24. The lowest BCUT2D eigenvalue weighted by Gasteiger charge is -2.19. The SMILES string of the molecule is CCOc1ccc(C(N)c2ccccc2OC(C)C)cc1. The standard InChI is InChI=1S/C18H23NO2/c1-4-20-15-11-9-14(10-12-15)18(19)16-7-5-6-8-17(16)21-13(2)3/h5-13,18H,4,19H2,1-3H3. The van der Waals surface area contributed by atoms with Crippen molar-refractivity contribution in [2.45, 2.75) is 32.9 Å². The van der Waals surface area contributed by atoms with Gasteiger partial charge in [0.1, 0.15) is 11.5 Å². The maximum absolute atomic E-state index is 6.40. The van der Waals surface area contributed by atoms with Crippen LogP contribution in [0, 0.1) is 0 Å². The van der Waals surface area contributed by atoms with E-state index in [-0.39, 0.29) is 12.1 Å². The molecule has 0 aliphatic heterocycles. The fourth-order valence-electron chi connectivity index (χ4n) is 2.22. The molecule has 3 heteroatoms. The third-order valence-electron chi connectivity index (χ3n) is 3.17. The first-order valence-electron chi connectivity index (χ1n) is 7.35. The lowest BCUT2D eigenvalue weighted by atomic mass is 9.98. The van der Waals surface area contributed by atoms with Crippen molar-refractivity contribution < 1.29 is 9.47 Å². The van der Waals surface area contributed by atoms with Gasteiger partial charge in [0.15, 0.2) is 0 Å². The summed E-state index contributed by atoms with van der Waals surface area (Å²) in [7, 11) is 0. The third kappa shape index (κ3) is 3.99. The van der Waals surface area contributed by atoms with Gasteiger partial charge < -0.3 is 15.2 Å². The minimum Gasteiger partial charge on any atom is -0.494 e. The molecule has 0 aliphatic rings. The van der Waals surface area contributed by atoms with Gasteiger partial charge >= 0.3 is 0 Å². The van der Waals surface area contributed by atoms with Gasteiger partial charge in [-0.1, -0.05) is 30.3 Å². The van der Waals surface area contributed by atoms with Crippen LogP contribution in [0.4, 0.5) is 0 Å². The van der Waals surface area contributed by atoms with Gasteiger partial charge in [0.2, 0.25) is 0 Å². The van der Waals surface area contributed by atoms with Gasteiger partial charge in [-0.3, -0.25) is 0 Å². The van der Waals surface area contributed by atoms with Gasteiger partial charge in [-0.15, -0.1) is 0 Å². The third-order valence-corrected chi connectivity index (χ3v) is 3.17. The molecule has 2 aromatic rings. The topological polar surface area (TPSA) is 44.5 Å². The molecule has 3 nitrogen and oxygen atoms in total. The summed E-state index contributed by atoms with van der Waals surface area (Å²) < 4.78 is 11.3. The molecular weight excluding hydrogens is 262 g/mol. The second-order valence-electron chi connectivity index (χ2n) is 5.18. The molecule has 1 unspecified atom stereocenters. The lowest BCUT2D eigenvalue weighted by molar-refractivity contribution is 0.239. The van der Waals surface area contributed by atoms with Gasteiger partial charge in [0.05, 0.1) is 18.8 Å². The summed E-state index contributed by atoms with van der Waals surface area (Å²) in [6.07, 6.45) is 0.124. The summed E-state index contributed by atoms with van der Waals surface area (Å²) in [6, 6.07) is 15.6. The first-order valence-corrected chi connectivity index (χ1v) is 7.35. The summed E-state index contributed by atoms with van der Waals surface area (Å²) in [5.74, 6) is 1.70. The fraction of sp³-hybridized carbons (Fsp3) is 0.333. The number of nitrogens with two attached hydrogens (primary N) is 1. The van der Waals surface area contributed by atoms with E-state index < -0.39 is 0 Å². The van der Waals surface area contributed by atoms with Gasteiger partial charge in [-0.2, -0.15) is 0 Å². The minimum absolute atomic E-state index is 0.124. The van der Waals surface area contributed by atoms with E-state index in [1.807, 2.05) is 69.3 Å².